The molecular formula is C16H29N3O3. The number of hydrogen-bond acceptors (Lipinski definition) is 4. The molecule has 2 heterocycles. The van der Waals surface area contributed by atoms with Crippen molar-refractivity contribution in [3.63, 3.8) is 0 Å². The topological polar surface area (TPSA) is 81.7 Å². The maximum Gasteiger partial charge on any atom is 0.248 e. The first-order valence-corrected chi connectivity index (χ1v) is 8.45. The van der Waals surface area contributed by atoms with E-state index in [1.807, 2.05) is 13.8 Å². The molecular weight excluding hydrogens is 282 g/mol. The van der Waals surface area contributed by atoms with Gasteiger partial charge in [-0.1, -0.05) is 27.2 Å². The third kappa shape index (κ3) is 2.99. The Hall–Kier alpha value is -1.14. The maximum absolute atomic E-state index is 12.9. The molecule has 2 amide bonds. The van der Waals surface area contributed by atoms with Crippen LogP contribution in [0.2, 0.25) is 0 Å². The van der Waals surface area contributed by atoms with Crippen molar-refractivity contribution in [2.75, 3.05) is 19.6 Å². The lowest BCUT2D eigenvalue weighted by Gasteiger charge is -2.51. The molecule has 0 radical (unpaired) electrons. The van der Waals surface area contributed by atoms with Gasteiger partial charge >= 0.3 is 0 Å². The van der Waals surface area contributed by atoms with E-state index < -0.39 is 17.7 Å². The van der Waals surface area contributed by atoms with Crippen LogP contribution in [0.1, 0.15) is 46.5 Å². The van der Waals surface area contributed by atoms with Gasteiger partial charge in [-0.3, -0.25) is 9.59 Å². The van der Waals surface area contributed by atoms with Gasteiger partial charge < -0.3 is 20.6 Å². The largest absolute Gasteiger partial charge is 0.390 e. The Kier molecular flexibility index (Phi) is 5.45. The monoisotopic (exact) mass is 311 g/mol. The average molecular weight is 311 g/mol. The van der Waals surface area contributed by atoms with Crippen molar-refractivity contribution in [2.45, 2.75) is 64.1 Å². The van der Waals surface area contributed by atoms with Crippen LogP contribution in [0.5, 0.6) is 0 Å². The van der Waals surface area contributed by atoms with Crippen LogP contribution in [0, 0.1) is 5.92 Å². The fraction of sp³-hybridized carbons (Fsp3) is 0.875. The Morgan fingerprint density at radius 2 is 1.95 bits per heavy atom. The van der Waals surface area contributed by atoms with Crippen LogP contribution in [0.4, 0.5) is 0 Å². The molecule has 0 aromatic heterocycles. The molecule has 2 atom stereocenters. The molecule has 0 aliphatic carbocycles. The minimum absolute atomic E-state index is 0.0793. The van der Waals surface area contributed by atoms with Gasteiger partial charge in [0, 0.05) is 6.54 Å². The van der Waals surface area contributed by atoms with Crippen molar-refractivity contribution < 1.29 is 14.7 Å². The minimum atomic E-state index is -0.848. The van der Waals surface area contributed by atoms with Crippen molar-refractivity contribution >= 4 is 11.8 Å². The Labute approximate surface area is 132 Å². The van der Waals surface area contributed by atoms with Crippen molar-refractivity contribution in [2.24, 2.45) is 5.92 Å². The maximum atomic E-state index is 12.9. The van der Waals surface area contributed by atoms with E-state index in [1.54, 1.807) is 4.90 Å². The van der Waals surface area contributed by atoms with E-state index in [4.69, 9.17) is 0 Å². The van der Waals surface area contributed by atoms with E-state index in [0.717, 1.165) is 25.9 Å². The van der Waals surface area contributed by atoms with E-state index >= 15 is 0 Å². The molecule has 6 heteroatoms. The molecule has 126 valence electrons. The van der Waals surface area contributed by atoms with Crippen LogP contribution in [0.3, 0.4) is 0 Å². The average Bonchev–Trinajstić information content (AvgIpc) is 2.51. The molecule has 1 spiro atoms. The SMILES string of the molecule is CCCCN1C(=O)C(C(O)C(C)C)NC(=O)C12CCNCC2. The highest BCUT2D eigenvalue weighted by atomic mass is 16.3. The zero-order valence-corrected chi connectivity index (χ0v) is 13.9. The summed E-state index contributed by atoms with van der Waals surface area (Å²) in [7, 11) is 0. The standard InChI is InChI=1S/C16H29N3O3/c1-4-5-10-19-14(21)12(13(20)11(2)3)18-15(22)16(19)6-8-17-9-7-16/h11-13,17,20H,4-10H2,1-3H3,(H,18,22). The Bertz CT molecular complexity index is 419. The number of piperazine rings is 1. The third-order valence-electron chi connectivity index (χ3n) is 4.95. The molecule has 0 aromatic carbocycles. The second-order valence-electron chi connectivity index (χ2n) is 6.81. The number of rotatable bonds is 5. The van der Waals surface area contributed by atoms with Gasteiger partial charge in [-0.2, -0.15) is 0 Å². The smallest absolute Gasteiger partial charge is 0.248 e. The number of unbranched alkanes of at least 4 members (excludes halogenated alkanes) is 1. The summed E-state index contributed by atoms with van der Waals surface area (Å²) in [6.45, 7) is 7.85. The van der Waals surface area contributed by atoms with E-state index in [-0.39, 0.29) is 17.7 Å². The second kappa shape index (κ2) is 6.96. The Morgan fingerprint density at radius 1 is 1.32 bits per heavy atom. The number of piperidine rings is 1. The van der Waals surface area contributed by atoms with Gasteiger partial charge in [0.25, 0.3) is 0 Å². The summed E-state index contributed by atoms with van der Waals surface area (Å²) < 4.78 is 0. The molecule has 2 saturated heterocycles. The van der Waals surface area contributed by atoms with Gasteiger partial charge in [-0.25, -0.2) is 0 Å². The number of aliphatic hydroxyl groups excluding tert-OH is 1. The molecule has 2 aliphatic rings. The van der Waals surface area contributed by atoms with Crippen LogP contribution in [-0.2, 0) is 9.59 Å². The molecule has 6 nitrogen and oxygen atoms in total. The fourth-order valence-electron chi connectivity index (χ4n) is 3.43. The summed E-state index contributed by atoms with van der Waals surface area (Å²) in [6, 6.07) is -0.815. The van der Waals surface area contributed by atoms with Gasteiger partial charge in [-0.05, 0) is 38.3 Å². The normalized spacial score (nSPS) is 26.4. The van der Waals surface area contributed by atoms with Gasteiger partial charge in [0.15, 0.2) is 0 Å². The number of hydrogen-bond donors (Lipinski definition) is 3. The second-order valence-corrected chi connectivity index (χ2v) is 6.81. The van der Waals surface area contributed by atoms with E-state index in [9.17, 15) is 14.7 Å². The van der Waals surface area contributed by atoms with Crippen molar-refractivity contribution in [1.29, 1.82) is 0 Å². The van der Waals surface area contributed by atoms with Crippen molar-refractivity contribution in [3.05, 3.63) is 0 Å². The molecule has 2 unspecified atom stereocenters. The van der Waals surface area contributed by atoms with Crippen LogP contribution >= 0.6 is 0 Å². The number of carbonyl (C=O) groups is 2. The molecule has 0 aromatic rings. The molecule has 2 rings (SSSR count). The molecule has 22 heavy (non-hydrogen) atoms. The van der Waals surface area contributed by atoms with Crippen molar-refractivity contribution in [3.8, 4) is 0 Å². The molecule has 0 bridgehead atoms. The Balaban J connectivity index is 2.29. The lowest BCUT2D eigenvalue weighted by molar-refractivity contribution is -0.163. The zero-order chi connectivity index (χ0) is 16.3. The van der Waals surface area contributed by atoms with Crippen LogP contribution < -0.4 is 10.6 Å². The van der Waals surface area contributed by atoms with Gasteiger partial charge in [0.1, 0.15) is 11.6 Å². The first kappa shape index (κ1) is 17.2. The van der Waals surface area contributed by atoms with E-state index in [0.29, 0.717) is 19.4 Å². The number of aliphatic hydroxyl groups is 1. The fourth-order valence-corrected chi connectivity index (χ4v) is 3.43. The molecule has 3 N–H and O–H groups in total. The number of carbonyl (C=O) groups excluding carboxylic acids is 2. The third-order valence-corrected chi connectivity index (χ3v) is 4.95. The van der Waals surface area contributed by atoms with Crippen LogP contribution in [0.25, 0.3) is 0 Å². The number of amides is 2. The zero-order valence-electron chi connectivity index (χ0n) is 13.9. The number of nitrogens with one attached hydrogen (secondary N) is 2. The summed E-state index contributed by atoms with van der Waals surface area (Å²) in [4.78, 5) is 27.5. The molecule has 2 aliphatic heterocycles. The lowest BCUT2D eigenvalue weighted by Crippen LogP contribution is -2.74. The van der Waals surface area contributed by atoms with E-state index in [2.05, 4.69) is 17.6 Å². The molecule has 0 saturated carbocycles. The highest BCUT2D eigenvalue weighted by molar-refractivity contribution is 6.00. The summed E-state index contributed by atoms with van der Waals surface area (Å²) in [6.07, 6.45) is 2.27. The Morgan fingerprint density at radius 3 is 2.50 bits per heavy atom. The van der Waals surface area contributed by atoms with Crippen molar-refractivity contribution in [1.82, 2.24) is 15.5 Å². The summed E-state index contributed by atoms with van der Waals surface area (Å²) in [5.41, 5.74) is -0.731. The van der Waals surface area contributed by atoms with Gasteiger partial charge in [-0.15, -0.1) is 0 Å². The minimum Gasteiger partial charge on any atom is -0.390 e. The highest BCUT2D eigenvalue weighted by Gasteiger charge is 2.53. The van der Waals surface area contributed by atoms with Crippen LogP contribution in [-0.4, -0.2) is 59.1 Å². The van der Waals surface area contributed by atoms with Gasteiger partial charge in [0.2, 0.25) is 11.8 Å². The predicted molar refractivity (Wildman–Crippen MR) is 84.2 cm³/mol. The first-order valence-electron chi connectivity index (χ1n) is 8.45. The summed E-state index contributed by atoms with van der Waals surface area (Å²) in [5.74, 6) is -0.310. The highest BCUT2D eigenvalue weighted by Crippen LogP contribution is 2.32. The van der Waals surface area contributed by atoms with Crippen LogP contribution in [0.15, 0.2) is 0 Å². The predicted octanol–water partition coefficient (Wildman–Crippen LogP) is 0.253. The quantitative estimate of drug-likeness (QED) is 0.680. The van der Waals surface area contributed by atoms with Gasteiger partial charge in [0.05, 0.1) is 6.10 Å². The number of nitrogens with zero attached hydrogens (tertiary/aromatic N) is 1. The summed E-state index contributed by atoms with van der Waals surface area (Å²) >= 11 is 0. The lowest BCUT2D eigenvalue weighted by atomic mass is 9.81. The van der Waals surface area contributed by atoms with E-state index in [1.165, 1.54) is 0 Å². The summed E-state index contributed by atoms with van der Waals surface area (Å²) in [5, 5.41) is 16.4. The molecule has 2 fully saturated rings. The first-order chi connectivity index (χ1) is 10.4.